The number of hydrogen-bond donors (Lipinski definition) is 1. The van der Waals surface area contributed by atoms with Gasteiger partial charge in [-0.25, -0.2) is 12.7 Å². The largest absolute Gasteiger partial charge is 0.329 e. The second-order valence-electron chi connectivity index (χ2n) is 5.27. The van der Waals surface area contributed by atoms with Crippen LogP contribution in [-0.2, 0) is 22.2 Å². The number of nitrogens with zero attached hydrogens (tertiary/aromatic N) is 1. The van der Waals surface area contributed by atoms with Crippen LogP contribution in [-0.4, -0.2) is 32.4 Å². The summed E-state index contributed by atoms with van der Waals surface area (Å²) in [6.45, 7) is 1.00. The maximum atomic E-state index is 12.7. The van der Waals surface area contributed by atoms with Gasteiger partial charge < -0.3 is 5.73 Å². The first-order chi connectivity index (χ1) is 11.0. The van der Waals surface area contributed by atoms with Crippen molar-refractivity contribution in [1.82, 2.24) is 4.31 Å². The smallest absolute Gasteiger partial charge is 0.218 e. The predicted octanol–water partition coefficient (Wildman–Crippen LogP) is 3.10. The SMILES string of the molecule is Cl.NCCN(CCc1ccccc1)S(=O)(=O)Cc1ccccc1Cl. The average molecular weight is 389 g/mol. The van der Waals surface area contributed by atoms with Gasteiger partial charge in [-0.15, -0.1) is 12.4 Å². The lowest BCUT2D eigenvalue weighted by atomic mass is 10.1. The van der Waals surface area contributed by atoms with Gasteiger partial charge in [0.1, 0.15) is 0 Å². The van der Waals surface area contributed by atoms with Crippen LogP contribution in [0, 0.1) is 0 Å². The fourth-order valence-electron chi connectivity index (χ4n) is 2.34. The van der Waals surface area contributed by atoms with Crippen molar-refractivity contribution in [2.24, 2.45) is 5.73 Å². The third kappa shape index (κ3) is 6.07. The van der Waals surface area contributed by atoms with Crippen molar-refractivity contribution in [3.05, 3.63) is 70.7 Å². The minimum absolute atomic E-state index is 0. The van der Waals surface area contributed by atoms with Gasteiger partial charge in [0.15, 0.2) is 0 Å². The lowest BCUT2D eigenvalue weighted by Gasteiger charge is -2.22. The monoisotopic (exact) mass is 388 g/mol. The molecule has 132 valence electrons. The van der Waals surface area contributed by atoms with E-state index in [0.717, 1.165) is 5.56 Å². The predicted molar refractivity (Wildman–Crippen MR) is 102 cm³/mol. The van der Waals surface area contributed by atoms with Gasteiger partial charge in [-0.1, -0.05) is 60.1 Å². The number of nitrogens with two attached hydrogens (primary N) is 1. The summed E-state index contributed by atoms with van der Waals surface area (Å²) >= 11 is 6.08. The second kappa shape index (κ2) is 10.0. The molecule has 0 radical (unpaired) electrons. The van der Waals surface area contributed by atoms with Crippen LogP contribution < -0.4 is 5.73 Å². The van der Waals surface area contributed by atoms with Crippen molar-refractivity contribution in [3.63, 3.8) is 0 Å². The summed E-state index contributed by atoms with van der Waals surface area (Å²) in [6, 6.07) is 16.8. The van der Waals surface area contributed by atoms with E-state index in [0.29, 0.717) is 30.1 Å². The van der Waals surface area contributed by atoms with E-state index in [9.17, 15) is 8.42 Å². The van der Waals surface area contributed by atoms with E-state index in [2.05, 4.69) is 0 Å². The van der Waals surface area contributed by atoms with Crippen molar-refractivity contribution < 1.29 is 8.42 Å². The molecule has 2 N–H and O–H groups in total. The van der Waals surface area contributed by atoms with Crippen LogP contribution in [0.15, 0.2) is 54.6 Å². The standard InChI is InChI=1S/C17H21ClN2O2S.ClH/c18-17-9-5-4-8-16(17)14-23(21,22)20(13-11-19)12-10-15-6-2-1-3-7-15;/h1-9H,10-14,19H2;1H. The minimum atomic E-state index is -3.46. The average Bonchev–Trinajstić information content (AvgIpc) is 2.54. The second-order valence-corrected chi connectivity index (χ2v) is 7.65. The Labute approximate surface area is 155 Å². The molecule has 0 atom stereocenters. The molecule has 24 heavy (non-hydrogen) atoms. The molecule has 0 saturated carbocycles. The molecule has 0 aliphatic carbocycles. The van der Waals surface area contributed by atoms with Crippen LogP contribution in [0.4, 0.5) is 0 Å². The van der Waals surface area contributed by atoms with Gasteiger partial charge in [0, 0.05) is 24.7 Å². The first-order valence-corrected chi connectivity index (χ1v) is 9.47. The molecule has 0 spiro atoms. The van der Waals surface area contributed by atoms with E-state index in [4.69, 9.17) is 17.3 Å². The highest BCUT2D eigenvalue weighted by atomic mass is 35.5. The highest BCUT2D eigenvalue weighted by molar-refractivity contribution is 7.88. The maximum absolute atomic E-state index is 12.7. The van der Waals surface area contributed by atoms with E-state index in [-0.39, 0.29) is 24.7 Å². The van der Waals surface area contributed by atoms with Crippen molar-refractivity contribution in [2.75, 3.05) is 19.6 Å². The lowest BCUT2D eigenvalue weighted by molar-refractivity contribution is 0.421. The summed E-state index contributed by atoms with van der Waals surface area (Å²) in [6.07, 6.45) is 0.655. The first kappa shape index (κ1) is 20.9. The molecule has 2 aromatic carbocycles. The van der Waals surface area contributed by atoms with Gasteiger partial charge in [-0.3, -0.25) is 0 Å². The Hall–Kier alpha value is -1.11. The molecule has 0 saturated heterocycles. The van der Waals surface area contributed by atoms with Crippen LogP contribution in [0.3, 0.4) is 0 Å². The quantitative estimate of drug-likeness (QED) is 0.755. The molecule has 0 aliphatic heterocycles. The van der Waals surface area contributed by atoms with Gasteiger partial charge in [0.05, 0.1) is 5.75 Å². The molecule has 0 heterocycles. The van der Waals surface area contributed by atoms with Crippen molar-refractivity contribution in [1.29, 1.82) is 0 Å². The zero-order valence-electron chi connectivity index (χ0n) is 13.3. The molecule has 0 bridgehead atoms. The molecular formula is C17H22Cl2N2O2S. The lowest BCUT2D eigenvalue weighted by Crippen LogP contribution is -2.37. The van der Waals surface area contributed by atoms with E-state index < -0.39 is 10.0 Å². The molecule has 0 aromatic heterocycles. The summed E-state index contributed by atoms with van der Waals surface area (Å²) in [5.74, 6) is -0.110. The number of halogens is 2. The van der Waals surface area contributed by atoms with Gasteiger partial charge in [-0.05, 0) is 23.6 Å². The number of hydrogen-bond acceptors (Lipinski definition) is 3. The molecule has 0 unspecified atom stereocenters. The Bertz CT molecular complexity index is 724. The Kier molecular flexibility index (Phi) is 8.73. The fourth-order valence-corrected chi connectivity index (χ4v) is 4.20. The summed E-state index contributed by atoms with van der Waals surface area (Å²) in [5.41, 5.74) is 7.29. The van der Waals surface area contributed by atoms with E-state index in [1.54, 1.807) is 24.3 Å². The van der Waals surface area contributed by atoms with E-state index in [1.165, 1.54) is 4.31 Å². The van der Waals surface area contributed by atoms with E-state index >= 15 is 0 Å². The molecule has 2 aromatic rings. The highest BCUT2D eigenvalue weighted by Crippen LogP contribution is 2.19. The number of rotatable bonds is 8. The number of benzene rings is 2. The summed E-state index contributed by atoms with van der Waals surface area (Å²) in [7, 11) is -3.46. The Morgan fingerprint density at radius 1 is 0.958 bits per heavy atom. The summed E-state index contributed by atoms with van der Waals surface area (Å²) in [5, 5.41) is 0.465. The van der Waals surface area contributed by atoms with Crippen LogP contribution >= 0.6 is 24.0 Å². The highest BCUT2D eigenvalue weighted by Gasteiger charge is 2.22. The van der Waals surface area contributed by atoms with Gasteiger partial charge >= 0.3 is 0 Å². The minimum Gasteiger partial charge on any atom is -0.329 e. The zero-order valence-corrected chi connectivity index (χ0v) is 15.7. The van der Waals surface area contributed by atoms with Crippen LogP contribution in [0.1, 0.15) is 11.1 Å². The third-order valence-electron chi connectivity index (χ3n) is 3.56. The summed E-state index contributed by atoms with van der Waals surface area (Å²) in [4.78, 5) is 0. The topological polar surface area (TPSA) is 63.4 Å². The molecule has 4 nitrogen and oxygen atoms in total. The van der Waals surface area contributed by atoms with Gasteiger partial charge in [0.2, 0.25) is 10.0 Å². The van der Waals surface area contributed by atoms with Crippen molar-refractivity contribution >= 4 is 34.0 Å². The van der Waals surface area contributed by atoms with Gasteiger partial charge in [-0.2, -0.15) is 0 Å². The third-order valence-corrected chi connectivity index (χ3v) is 5.76. The maximum Gasteiger partial charge on any atom is 0.218 e. The van der Waals surface area contributed by atoms with Crippen molar-refractivity contribution in [3.8, 4) is 0 Å². The molecule has 0 fully saturated rings. The Morgan fingerprint density at radius 2 is 1.58 bits per heavy atom. The summed E-state index contributed by atoms with van der Waals surface area (Å²) < 4.78 is 26.8. The van der Waals surface area contributed by atoms with Gasteiger partial charge in [0.25, 0.3) is 0 Å². The van der Waals surface area contributed by atoms with E-state index in [1.807, 2.05) is 30.3 Å². The molecule has 0 amide bonds. The fraction of sp³-hybridized carbons (Fsp3) is 0.294. The van der Waals surface area contributed by atoms with Crippen LogP contribution in [0.25, 0.3) is 0 Å². The number of sulfonamides is 1. The molecular weight excluding hydrogens is 367 g/mol. The Morgan fingerprint density at radius 3 is 2.21 bits per heavy atom. The Balaban J connectivity index is 0.00000288. The van der Waals surface area contributed by atoms with Crippen LogP contribution in [0.5, 0.6) is 0 Å². The first-order valence-electron chi connectivity index (χ1n) is 7.48. The molecule has 7 heteroatoms. The van der Waals surface area contributed by atoms with Crippen molar-refractivity contribution in [2.45, 2.75) is 12.2 Å². The zero-order chi connectivity index (χ0) is 16.7. The molecule has 2 rings (SSSR count). The normalized spacial score (nSPS) is 11.3. The molecule has 0 aliphatic rings. The van der Waals surface area contributed by atoms with Crippen LogP contribution in [0.2, 0.25) is 5.02 Å².